The number of aromatic hydroxyl groups is 1. The number of oxime groups is 1. The van der Waals surface area contributed by atoms with E-state index in [0.29, 0.717) is 14.5 Å². The van der Waals surface area contributed by atoms with Crippen LogP contribution in [0.2, 0.25) is 0 Å². The summed E-state index contributed by atoms with van der Waals surface area (Å²) in [5.74, 6) is 0.136. The zero-order valence-corrected chi connectivity index (χ0v) is 9.00. The molecule has 0 atom stereocenters. The van der Waals surface area contributed by atoms with Gasteiger partial charge in [0.15, 0.2) is 0 Å². The van der Waals surface area contributed by atoms with Crippen molar-refractivity contribution in [3.05, 3.63) is 26.6 Å². The van der Waals surface area contributed by atoms with Gasteiger partial charge in [-0.15, -0.1) is 0 Å². The van der Waals surface area contributed by atoms with Gasteiger partial charge in [-0.05, 0) is 44.0 Å². The van der Waals surface area contributed by atoms with Gasteiger partial charge in [-0.25, -0.2) is 0 Å². The van der Waals surface area contributed by atoms with E-state index in [4.69, 9.17) is 5.21 Å². The molecular weight excluding hydrogens is 290 g/mol. The van der Waals surface area contributed by atoms with Crippen LogP contribution in [0.15, 0.2) is 26.2 Å². The molecule has 1 rings (SSSR count). The Kier molecular flexibility index (Phi) is 3.11. The first kappa shape index (κ1) is 9.54. The van der Waals surface area contributed by atoms with Crippen molar-refractivity contribution in [2.75, 3.05) is 0 Å². The SMILES string of the molecule is ON=Cc1ccc(O)c(Br)c1Br. The Morgan fingerprint density at radius 1 is 1.25 bits per heavy atom. The lowest BCUT2D eigenvalue weighted by Crippen LogP contribution is -1.84. The summed E-state index contributed by atoms with van der Waals surface area (Å²) in [5.41, 5.74) is 0.683. The van der Waals surface area contributed by atoms with Gasteiger partial charge in [0.1, 0.15) is 5.75 Å². The van der Waals surface area contributed by atoms with Crippen LogP contribution in [0.3, 0.4) is 0 Å². The lowest BCUT2D eigenvalue weighted by atomic mass is 10.2. The standard InChI is InChI=1S/C7H5Br2NO2/c8-6-4(3-10-12)1-2-5(11)7(6)9/h1-3,11-12H. The van der Waals surface area contributed by atoms with Crippen molar-refractivity contribution in [3.63, 3.8) is 0 Å². The molecule has 0 aromatic heterocycles. The number of benzene rings is 1. The van der Waals surface area contributed by atoms with E-state index in [0.717, 1.165) is 0 Å². The van der Waals surface area contributed by atoms with Gasteiger partial charge in [0.25, 0.3) is 0 Å². The summed E-state index contributed by atoms with van der Waals surface area (Å²) in [7, 11) is 0. The van der Waals surface area contributed by atoms with E-state index in [1.165, 1.54) is 12.3 Å². The maximum absolute atomic E-state index is 9.21. The molecule has 1 aromatic carbocycles. The molecule has 3 nitrogen and oxygen atoms in total. The van der Waals surface area contributed by atoms with E-state index in [1.54, 1.807) is 6.07 Å². The van der Waals surface area contributed by atoms with Crippen LogP contribution in [-0.2, 0) is 0 Å². The van der Waals surface area contributed by atoms with Crippen LogP contribution in [0.25, 0.3) is 0 Å². The molecule has 0 aliphatic rings. The molecule has 1 aromatic rings. The Bertz CT molecular complexity index is 325. The van der Waals surface area contributed by atoms with Gasteiger partial charge >= 0.3 is 0 Å². The normalized spacial score (nSPS) is 10.8. The average Bonchev–Trinajstić information content (AvgIpc) is 2.07. The van der Waals surface area contributed by atoms with Crippen LogP contribution >= 0.6 is 31.9 Å². The van der Waals surface area contributed by atoms with Crippen LogP contribution in [0.1, 0.15) is 5.56 Å². The highest BCUT2D eigenvalue weighted by molar-refractivity contribution is 9.13. The molecule has 64 valence electrons. The smallest absolute Gasteiger partial charge is 0.130 e. The minimum absolute atomic E-state index is 0.136. The highest BCUT2D eigenvalue weighted by Gasteiger charge is 2.06. The summed E-state index contributed by atoms with van der Waals surface area (Å²) in [6, 6.07) is 3.13. The highest BCUT2D eigenvalue weighted by Crippen LogP contribution is 2.33. The van der Waals surface area contributed by atoms with Crippen LogP contribution < -0.4 is 0 Å². The lowest BCUT2D eigenvalue weighted by molar-refractivity contribution is 0.322. The molecule has 0 heterocycles. The van der Waals surface area contributed by atoms with Crippen LogP contribution in [0.4, 0.5) is 0 Å². The van der Waals surface area contributed by atoms with E-state index in [-0.39, 0.29) is 5.75 Å². The second-order valence-corrected chi connectivity index (χ2v) is 3.63. The Hall–Kier alpha value is -0.550. The largest absolute Gasteiger partial charge is 0.507 e. The molecule has 0 fully saturated rings. The number of rotatable bonds is 1. The van der Waals surface area contributed by atoms with Gasteiger partial charge in [-0.1, -0.05) is 5.16 Å². The number of halogens is 2. The first-order valence-corrected chi connectivity index (χ1v) is 4.60. The zero-order chi connectivity index (χ0) is 9.14. The lowest BCUT2D eigenvalue weighted by Gasteiger charge is -2.01. The Morgan fingerprint density at radius 2 is 1.92 bits per heavy atom. The van der Waals surface area contributed by atoms with E-state index in [1.807, 2.05) is 0 Å². The minimum atomic E-state index is 0.136. The van der Waals surface area contributed by atoms with Gasteiger partial charge in [0.2, 0.25) is 0 Å². The van der Waals surface area contributed by atoms with Crippen LogP contribution in [-0.4, -0.2) is 16.5 Å². The summed E-state index contributed by atoms with van der Waals surface area (Å²) >= 11 is 6.38. The Labute approximate surface area is 86.0 Å². The molecular formula is C7H5Br2NO2. The van der Waals surface area contributed by atoms with Crippen molar-refractivity contribution in [1.29, 1.82) is 0 Å². The summed E-state index contributed by atoms with van der Waals surface area (Å²) in [4.78, 5) is 0. The van der Waals surface area contributed by atoms with Crippen molar-refractivity contribution >= 4 is 38.1 Å². The van der Waals surface area contributed by atoms with Crippen molar-refractivity contribution < 1.29 is 10.3 Å². The molecule has 5 heteroatoms. The fourth-order valence-corrected chi connectivity index (χ4v) is 1.51. The predicted octanol–water partition coefficient (Wildman–Crippen LogP) is 2.73. The second kappa shape index (κ2) is 3.91. The third-order valence-corrected chi connectivity index (χ3v) is 3.48. The number of nitrogens with zero attached hydrogens (tertiary/aromatic N) is 1. The number of phenolic OH excluding ortho intramolecular Hbond substituents is 1. The molecule has 0 amide bonds. The molecule has 0 radical (unpaired) electrons. The van der Waals surface area contributed by atoms with Crippen molar-refractivity contribution in [3.8, 4) is 5.75 Å². The molecule has 0 aliphatic carbocycles. The highest BCUT2D eigenvalue weighted by atomic mass is 79.9. The monoisotopic (exact) mass is 293 g/mol. The third kappa shape index (κ3) is 1.78. The summed E-state index contributed by atoms with van der Waals surface area (Å²) in [6.07, 6.45) is 1.27. The van der Waals surface area contributed by atoms with Crippen molar-refractivity contribution in [2.24, 2.45) is 5.16 Å². The molecule has 0 bridgehead atoms. The van der Waals surface area contributed by atoms with Gasteiger partial charge in [-0.3, -0.25) is 0 Å². The fourth-order valence-electron chi connectivity index (χ4n) is 0.716. The second-order valence-electron chi connectivity index (χ2n) is 2.05. The summed E-state index contributed by atoms with van der Waals surface area (Å²) < 4.78 is 1.19. The number of phenols is 1. The molecule has 0 saturated heterocycles. The van der Waals surface area contributed by atoms with Gasteiger partial charge < -0.3 is 10.3 Å². The number of hydrogen-bond donors (Lipinski definition) is 2. The van der Waals surface area contributed by atoms with Crippen LogP contribution in [0.5, 0.6) is 5.75 Å². The average molecular weight is 295 g/mol. The topological polar surface area (TPSA) is 52.8 Å². The van der Waals surface area contributed by atoms with Gasteiger partial charge in [-0.2, -0.15) is 0 Å². The molecule has 2 N–H and O–H groups in total. The van der Waals surface area contributed by atoms with E-state index >= 15 is 0 Å². The minimum Gasteiger partial charge on any atom is -0.507 e. The third-order valence-electron chi connectivity index (χ3n) is 1.29. The van der Waals surface area contributed by atoms with E-state index in [2.05, 4.69) is 37.0 Å². The molecule has 0 spiro atoms. The van der Waals surface area contributed by atoms with E-state index in [9.17, 15) is 5.11 Å². The quantitative estimate of drug-likeness (QED) is 0.475. The van der Waals surface area contributed by atoms with Crippen molar-refractivity contribution in [1.82, 2.24) is 0 Å². The summed E-state index contributed by atoms with van der Waals surface area (Å²) in [6.45, 7) is 0. The Morgan fingerprint density at radius 3 is 2.50 bits per heavy atom. The predicted molar refractivity (Wildman–Crippen MR) is 52.9 cm³/mol. The first-order chi connectivity index (χ1) is 5.66. The van der Waals surface area contributed by atoms with E-state index < -0.39 is 0 Å². The molecule has 0 saturated carbocycles. The van der Waals surface area contributed by atoms with Crippen LogP contribution in [0, 0.1) is 0 Å². The number of hydrogen-bond acceptors (Lipinski definition) is 3. The fraction of sp³-hybridized carbons (Fsp3) is 0. The Balaban J connectivity index is 3.26. The molecule has 12 heavy (non-hydrogen) atoms. The van der Waals surface area contributed by atoms with Gasteiger partial charge in [0, 0.05) is 10.0 Å². The first-order valence-electron chi connectivity index (χ1n) is 3.01. The zero-order valence-electron chi connectivity index (χ0n) is 5.83. The molecule has 0 unspecified atom stereocenters. The van der Waals surface area contributed by atoms with Gasteiger partial charge in [0.05, 0.1) is 10.7 Å². The maximum Gasteiger partial charge on any atom is 0.130 e. The molecule has 0 aliphatic heterocycles. The van der Waals surface area contributed by atoms with Crippen molar-refractivity contribution in [2.45, 2.75) is 0 Å². The summed E-state index contributed by atoms with van der Waals surface area (Å²) in [5, 5.41) is 20.4. The maximum atomic E-state index is 9.21.